The van der Waals surface area contributed by atoms with Crippen LogP contribution >= 0.6 is 0 Å². The molecule has 3 atom stereocenters. The van der Waals surface area contributed by atoms with Crippen molar-refractivity contribution < 1.29 is 25.5 Å². The molecule has 5 heteroatoms. The molecule has 0 fully saturated rings. The largest absolute Gasteiger partial charge is 0.393 e. The predicted molar refractivity (Wildman–Crippen MR) is 55.3 cm³/mol. The molecule has 0 aliphatic rings. The zero-order valence-corrected chi connectivity index (χ0v) is 9.94. The third kappa shape index (κ3) is 2.16. The Kier molecular flexibility index (Phi) is 3.63. The Morgan fingerprint density at radius 1 is 0.733 bits per heavy atom. The van der Waals surface area contributed by atoms with Crippen LogP contribution in [-0.4, -0.2) is 54.5 Å². The molecule has 5 nitrogen and oxygen atoms in total. The molecule has 0 aliphatic heterocycles. The van der Waals surface area contributed by atoms with Gasteiger partial charge in [0.1, 0.15) is 16.8 Å². The van der Waals surface area contributed by atoms with Crippen molar-refractivity contribution in [3.63, 3.8) is 0 Å². The van der Waals surface area contributed by atoms with Gasteiger partial charge in [-0.1, -0.05) is 0 Å². The Hall–Kier alpha value is -0.200. The summed E-state index contributed by atoms with van der Waals surface area (Å²) in [6.45, 7) is 5.46. The Morgan fingerprint density at radius 3 is 1.27 bits per heavy atom. The molecule has 5 N–H and O–H groups in total. The second kappa shape index (κ2) is 3.68. The summed E-state index contributed by atoms with van der Waals surface area (Å²) in [4.78, 5) is 0. The lowest BCUT2D eigenvalue weighted by Crippen LogP contribution is -2.72. The SMILES string of the molecule is CC(C)(O)[C@@](C)(O)[C@](C)(O)[C@@](C)(O)CO. The minimum atomic E-state index is -2.06. The van der Waals surface area contributed by atoms with E-state index in [4.69, 9.17) is 5.11 Å². The molecule has 0 amide bonds. The fourth-order valence-electron chi connectivity index (χ4n) is 1.27. The monoisotopic (exact) mass is 222 g/mol. The van der Waals surface area contributed by atoms with E-state index < -0.39 is 29.0 Å². The molecule has 0 aromatic rings. The van der Waals surface area contributed by atoms with Gasteiger partial charge in [-0.05, 0) is 34.6 Å². The number of aliphatic hydroxyl groups excluding tert-OH is 1. The van der Waals surface area contributed by atoms with Crippen LogP contribution in [0.2, 0.25) is 0 Å². The summed E-state index contributed by atoms with van der Waals surface area (Å²) in [5.41, 5.74) is -7.59. The average molecular weight is 222 g/mol. The van der Waals surface area contributed by atoms with Gasteiger partial charge in [0.25, 0.3) is 0 Å². The number of rotatable bonds is 4. The molecule has 0 radical (unpaired) electrons. The summed E-state index contributed by atoms with van der Waals surface area (Å²) in [6, 6.07) is 0. The molecule has 0 heterocycles. The van der Waals surface area contributed by atoms with E-state index in [2.05, 4.69) is 0 Å². The van der Waals surface area contributed by atoms with E-state index in [1.807, 2.05) is 0 Å². The van der Waals surface area contributed by atoms with Crippen LogP contribution in [-0.2, 0) is 0 Å². The van der Waals surface area contributed by atoms with Gasteiger partial charge < -0.3 is 25.5 Å². The Balaban J connectivity index is 5.38. The highest BCUT2D eigenvalue weighted by Crippen LogP contribution is 2.39. The van der Waals surface area contributed by atoms with Gasteiger partial charge in [0, 0.05) is 0 Å². The lowest BCUT2D eigenvalue weighted by Gasteiger charge is -2.51. The Morgan fingerprint density at radius 2 is 1.07 bits per heavy atom. The summed E-state index contributed by atoms with van der Waals surface area (Å²) >= 11 is 0. The van der Waals surface area contributed by atoms with E-state index >= 15 is 0 Å². The maximum absolute atomic E-state index is 10.1. The summed E-state index contributed by atoms with van der Waals surface area (Å²) in [7, 11) is 0. The van der Waals surface area contributed by atoms with Crippen LogP contribution in [0.1, 0.15) is 34.6 Å². The maximum atomic E-state index is 10.1. The van der Waals surface area contributed by atoms with Crippen molar-refractivity contribution in [1.82, 2.24) is 0 Å². The predicted octanol–water partition coefficient (Wildman–Crippen LogP) is -0.997. The molecular weight excluding hydrogens is 200 g/mol. The number of aliphatic hydroxyl groups is 5. The summed E-state index contributed by atoms with van der Waals surface area (Å²) < 4.78 is 0. The maximum Gasteiger partial charge on any atom is 0.123 e. The Bertz CT molecular complexity index is 224. The van der Waals surface area contributed by atoms with Crippen molar-refractivity contribution in [2.24, 2.45) is 0 Å². The van der Waals surface area contributed by atoms with E-state index in [9.17, 15) is 20.4 Å². The lowest BCUT2D eigenvalue weighted by molar-refractivity contribution is -0.281. The molecule has 0 aromatic heterocycles. The Labute approximate surface area is 90.0 Å². The first-order valence-corrected chi connectivity index (χ1v) is 4.81. The van der Waals surface area contributed by atoms with E-state index in [0.717, 1.165) is 0 Å². The zero-order valence-electron chi connectivity index (χ0n) is 9.94. The molecule has 0 saturated heterocycles. The highest BCUT2D eigenvalue weighted by molar-refractivity contribution is 5.11. The second-order valence-electron chi connectivity index (χ2n) is 5.14. The summed E-state index contributed by atoms with van der Waals surface area (Å²) in [5.74, 6) is 0. The van der Waals surface area contributed by atoms with E-state index in [1.165, 1.54) is 34.6 Å². The van der Waals surface area contributed by atoms with Crippen LogP contribution in [0, 0.1) is 0 Å². The van der Waals surface area contributed by atoms with Gasteiger partial charge in [0.2, 0.25) is 0 Å². The third-order valence-corrected chi connectivity index (χ3v) is 3.50. The van der Waals surface area contributed by atoms with Gasteiger partial charge in [0.05, 0.1) is 12.2 Å². The summed E-state index contributed by atoms with van der Waals surface area (Å²) in [5, 5.41) is 48.6. The minimum Gasteiger partial charge on any atom is -0.393 e. The molecule has 0 rings (SSSR count). The van der Waals surface area contributed by atoms with Crippen LogP contribution < -0.4 is 0 Å². The van der Waals surface area contributed by atoms with E-state index in [0.29, 0.717) is 0 Å². The molecular formula is C10H22O5. The smallest absolute Gasteiger partial charge is 0.123 e. The first-order chi connectivity index (χ1) is 6.31. The highest BCUT2D eigenvalue weighted by Gasteiger charge is 2.59. The molecule has 0 bridgehead atoms. The summed E-state index contributed by atoms with van der Waals surface area (Å²) in [6.07, 6.45) is 0. The number of hydrogen-bond acceptors (Lipinski definition) is 5. The second-order valence-corrected chi connectivity index (χ2v) is 5.14. The fourth-order valence-corrected chi connectivity index (χ4v) is 1.27. The van der Waals surface area contributed by atoms with Crippen LogP contribution in [0.15, 0.2) is 0 Å². The highest BCUT2D eigenvalue weighted by atomic mass is 16.4. The van der Waals surface area contributed by atoms with Crippen LogP contribution in [0.25, 0.3) is 0 Å². The standard InChI is InChI=1S/C10H22O5/c1-7(2,12)9(4,14)10(5,15)8(3,13)6-11/h11-15H,6H2,1-5H3/t8-,9+,10+/m0/s1. The zero-order chi connectivity index (χ0) is 12.7. The number of hydrogen-bond donors (Lipinski definition) is 5. The van der Waals surface area contributed by atoms with E-state index in [1.54, 1.807) is 0 Å². The van der Waals surface area contributed by atoms with Gasteiger partial charge in [-0.2, -0.15) is 0 Å². The van der Waals surface area contributed by atoms with Gasteiger partial charge in [0.15, 0.2) is 0 Å². The topological polar surface area (TPSA) is 101 Å². The molecule has 0 aliphatic carbocycles. The first kappa shape index (κ1) is 14.8. The van der Waals surface area contributed by atoms with Crippen molar-refractivity contribution in [3.05, 3.63) is 0 Å². The minimum absolute atomic E-state index is 0.730. The fraction of sp³-hybridized carbons (Fsp3) is 1.00. The van der Waals surface area contributed by atoms with Gasteiger partial charge in [-0.15, -0.1) is 0 Å². The van der Waals surface area contributed by atoms with Gasteiger partial charge in [-0.3, -0.25) is 0 Å². The molecule has 0 unspecified atom stereocenters. The van der Waals surface area contributed by atoms with Gasteiger partial charge in [-0.25, -0.2) is 0 Å². The molecule has 0 saturated carbocycles. The van der Waals surface area contributed by atoms with Crippen molar-refractivity contribution in [2.75, 3.05) is 6.61 Å². The van der Waals surface area contributed by atoms with Crippen molar-refractivity contribution >= 4 is 0 Å². The molecule has 15 heavy (non-hydrogen) atoms. The van der Waals surface area contributed by atoms with Crippen LogP contribution in [0.3, 0.4) is 0 Å². The van der Waals surface area contributed by atoms with Crippen LogP contribution in [0.5, 0.6) is 0 Å². The van der Waals surface area contributed by atoms with Crippen molar-refractivity contribution in [2.45, 2.75) is 57.0 Å². The molecule has 0 spiro atoms. The van der Waals surface area contributed by atoms with Crippen molar-refractivity contribution in [1.29, 1.82) is 0 Å². The van der Waals surface area contributed by atoms with Crippen molar-refractivity contribution in [3.8, 4) is 0 Å². The lowest BCUT2D eigenvalue weighted by atomic mass is 9.67. The first-order valence-electron chi connectivity index (χ1n) is 4.81. The van der Waals surface area contributed by atoms with Gasteiger partial charge >= 0.3 is 0 Å². The van der Waals surface area contributed by atoms with E-state index in [-0.39, 0.29) is 0 Å². The third-order valence-electron chi connectivity index (χ3n) is 3.50. The average Bonchev–Trinajstić information content (AvgIpc) is 2.01. The molecule has 92 valence electrons. The molecule has 0 aromatic carbocycles. The van der Waals surface area contributed by atoms with Crippen LogP contribution in [0.4, 0.5) is 0 Å². The normalized spacial score (nSPS) is 25.2. The quantitative estimate of drug-likeness (QED) is 0.420.